The Kier molecular flexibility index (Phi) is 5.66. The normalized spacial score (nSPS) is 15.5. The van der Waals surface area contributed by atoms with Gasteiger partial charge >= 0.3 is 0 Å². The van der Waals surface area contributed by atoms with Crippen LogP contribution in [0.25, 0.3) is 10.9 Å². The van der Waals surface area contributed by atoms with E-state index in [0.29, 0.717) is 43.4 Å². The number of piperazine rings is 1. The van der Waals surface area contributed by atoms with Crippen molar-refractivity contribution in [1.82, 2.24) is 9.29 Å². The van der Waals surface area contributed by atoms with Crippen LogP contribution in [0.2, 0.25) is 0 Å². The average Bonchev–Trinajstić information content (AvgIpc) is 2.75. The van der Waals surface area contributed by atoms with Crippen molar-refractivity contribution in [2.24, 2.45) is 0 Å². The number of pyridine rings is 1. The molecule has 30 heavy (non-hydrogen) atoms. The number of anilines is 1. The molecule has 0 N–H and O–H groups in total. The predicted octanol–water partition coefficient (Wildman–Crippen LogP) is 3.76. The molecule has 1 aliphatic heterocycles. The maximum atomic E-state index is 13.0. The highest BCUT2D eigenvalue weighted by Gasteiger charge is 2.29. The number of hydrogen-bond acceptors (Lipinski definition) is 5. The van der Waals surface area contributed by atoms with Crippen molar-refractivity contribution in [3.05, 3.63) is 59.7 Å². The van der Waals surface area contributed by atoms with Crippen molar-refractivity contribution in [2.75, 3.05) is 37.7 Å². The first-order chi connectivity index (χ1) is 14.4. The number of ether oxygens (including phenoxy) is 1. The van der Waals surface area contributed by atoms with E-state index in [1.54, 1.807) is 28.6 Å². The van der Waals surface area contributed by atoms with Gasteiger partial charge in [0.15, 0.2) is 0 Å². The van der Waals surface area contributed by atoms with E-state index in [1.165, 1.54) is 5.56 Å². The topological polar surface area (TPSA) is 62.7 Å². The summed E-state index contributed by atoms with van der Waals surface area (Å²) in [7, 11) is -3.52. The second-order valence-corrected chi connectivity index (χ2v) is 9.50. The van der Waals surface area contributed by atoms with Gasteiger partial charge in [-0.25, -0.2) is 13.4 Å². The van der Waals surface area contributed by atoms with Crippen LogP contribution in [0.3, 0.4) is 0 Å². The van der Waals surface area contributed by atoms with Gasteiger partial charge in [0.1, 0.15) is 11.6 Å². The van der Waals surface area contributed by atoms with Crippen LogP contribution >= 0.6 is 0 Å². The van der Waals surface area contributed by atoms with Crippen LogP contribution in [-0.2, 0) is 10.0 Å². The van der Waals surface area contributed by atoms with Crippen molar-refractivity contribution in [2.45, 2.75) is 25.7 Å². The van der Waals surface area contributed by atoms with Crippen LogP contribution in [-0.4, -0.2) is 50.5 Å². The Hall–Kier alpha value is -2.64. The highest BCUT2D eigenvalue weighted by molar-refractivity contribution is 7.89. The third kappa shape index (κ3) is 3.87. The number of rotatable bonds is 5. The van der Waals surface area contributed by atoms with Crippen molar-refractivity contribution >= 4 is 26.7 Å². The molecule has 0 radical (unpaired) electrons. The first-order valence-corrected chi connectivity index (χ1v) is 11.7. The summed E-state index contributed by atoms with van der Waals surface area (Å²) in [5, 5.41) is 1.16. The monoisotopic (exact) mass is 425 g/mol. The number of para-hydroxylation sites is 1. The van der Waals surface area contributed by atoms with E-state index >= 15 is 0 Å². The Balaban J connectivity index is 1.51. The maximum Gasteiger partial charge on any atom is 0.243 e. The minimum atomic E-state index is -3.52. The Morgan fingerprint density at radius 2 is 1.67 bits per heavy atom. The van der Waals surface area contributed by atoms with Crippen LogP contribution in [0, 0.1) is 13.8 Å². The molecule has 0 unspecified atom stereocenters. The summed E-state index contributed by atoms with van der Waals surface area (Å²) in [6, 6.07) is 14.9. The minimum Gasteiger partial charge on any atom is -0.494 e. The fourth-order valence-corrected chi connectivity index (χ4v) is 5.31. The second kappa shape index (κ2) is 8.24. The lowest BCUT2D eigenvalue weighted by Gasteiger charge is -2.35. The molecule has 1 aliphatic rings. The van der Waals surface area contributed by atoms with Gasteiger partial charge < -0.3 is 9.64 Å². The summed E-state index contributed by atoms with van der Waals surface area (Å²) < 4.78 is 33.0. The van der Waals surface area contributed by atoms with Gasteiger partial charge in [0.05, 0.1) is 17.0 Å². The average molecular weight is 426 g/mol. The zero-order valence-corrected chi connectivity index (χ0v) is 18.4. The highest BCUT2D eigenvalue weighted by Crippen LogP contribution is 2.27. The lowest BCUT2D eigenvalue weighted by molar-refractivity contribution is 0.340. The largest absolute Gasteiger partial charge is 0.494 e. The third-order valence-electron chi connectivity index (χ3n) is 5.57. The molecule has 0 saturated carbocycles. The first-order valence-electron chi connectivity index (χ1n) is 10.2. The van der Waals surface area contributed by atoms with Gasteiger partial charge in [0.2, 0.25) is 10.0 Å². The molecule has 0 amide bonds. The fraction of sp³-hybridized carbons (Fsp3) is 0.348. The van der Waals surface area contributed by atoms with E-state index < -0.39 is 10.0 Å². The van der Waals surface area contributed by atoms with E-state index in [-0.39, 0.29) is 0 Å². The van der Waals surface area contributed by atoms with Crippen LogP contribution in [0.5, 0.6) is 5.75 Å². The lowest BCUT2D eigenvalue weighted by atomic mass is 10.1. The third-order valence-corrected chi connectivity index (χ3v) is 7.48. The summed E-state index contributed by atoms with van der Waals surface area (Å²) in [6.45, 7) is 8.71. The molecule has 2 heterocycles. The Bertz CT molecular complexity index is 1150. The Morgan fingerprint density at radius 1 is 0.967 bits per heavy atom. The van der Waals surface area contributed by atoms with Gasteiger partial charge in [-0.2, -0.15) is 4.31 Å². The fourth-order valence-electron chi connectivity index (χ4n) is 3.89. The number of aromatic nitrogens is 1. The standard InChI is InChI=1S/C23H27N3O3S/c1-4-29-19-8-10-20(11-9-19)30(27,28)26-14-12-25(13-15-26)22-16-18(3)21-7-5-6-17(2)23(21)24-22/h5-11,16H,4,12-15H2,1-3H3. The molecule has 6 nitrogen and oxygen atoms in total. The summed E-state index contributed by atoms with van der Waals surface area (Å²) in [5.41, 5.74) is 3.34. The molecular formula is C23H27N3O3S. The second-order valence-electron chi connectivity index (χ2n) is 7.56. The van der Waals surface area contributed by atoms with Gasteiger partial charge in [0.25, 0.3) is 0 Å². The Morgan fingerprint density at radius 3 is 2.33 bits per heavy atom. The quantitative estimate of drug-likeness (QED) is 0.623. The molecule has 7 heteroatoms. The molecule has 2 aromatic carbocycles. The zero-order valence-electron chi connectivity index (χ0n) is 17.6. The maximum absolute atomic E-state index is 13.0. The highest BCUT2D eigenvalue weighted by atomic mass is 32.2. The lowest BCUT2D eigenvalue weighted by Crippen LogP contribution is -2.48. The molecule has 0 bridgehead atoms. The van der Waals surface area contributed by atoms with Gasteiger partial charge in [-0.15, -0.1) is 0 Å². The summed E-state index contributed by atoms with van der Waals surface area (Å²) in [5.74, 6) is 1.58. The molecular weight excluding hydrogens is 398 g/mol. The molecule has 0 aliphatic carbocycles. The van der Waals surface area contributed by atoms with Gasteiger partial charge in [-0.05, 0) is 62.2 Å². The van der Waals surface area contributed by atoms with E-state index in [9.17, 15) is 8.42 Å². The molecule has 0 spiro atoms. The molecule has 4 rings (SSSR count). The summed E-state index contributed by atoms with van der Waals surface area (Å²) in [6.07, 6.45) is 0. The Labute approximate surface area is 178 Å². The van der Waals surface area contributed by atoms with Crippen LogP contribution < -0.4 is 9.64 Å². The molecule has 0 atom stereocenters. The number of benzene rings is 2. The molecule has 1 aromatic heterocycles. The molecule has 3 aromatic rings. The molecule has 1 saturated heterocycles. The van der Waals surface area contributed by atoms with Gasteiger partial charge in [-0.1, -0.05) is 18.2 Å². The van der Waals surface area contributed by atoms with E-state index in [2.05, 4.69) is 43.0 Å². The zero-order chi connectivity index (χ0) is 21.3. The van der Waals surface area contributed by atoms with E-state index in [0.717, 1.165) is 22.3 Å². The molecule has 158 valence electrons. The number of hydrogen-bond donors (Lipinski definition) is 0. The van der Waals surface area contributed by atoms with Crippen LogP contribution in [0.1, 0.15) is 18.1 Å². The van der Waals surface area contributed by atoms with Gasteiger partial charge in [0, 0.05) is 31.6 Å². The van der Waals surface area contributed by atoms with Crippen LogP contribution in [0.15, 0.2) is 53.4 Å². The summed E-state index contributed by atoms with van der Waals surface area (Å²) in [4.78, 5) is 7.35. The minimum absolute atomic E-state index is 0.301. The van der Waals surface area contributed by atoms with Crippen molar-refractivity contribution in [3.63, 3.8) is 0 Å². The molecule has 1 fully saturated rings. The number of nitrogens with zero attached hydrogens (tertiary/aromatic N) is 3. The van der Waals surface area contributed by atoms with E-state index in [1.807, 2.05) is 6.92 Å². The van der Waals surface area contributed by atoms with Crippen molar-refractivity contribution < 1.29 is 13.2 Å². The predicted molar refractivity (Wildman–Crippen MR) is 120 cm³/mol. The van der Waals surface area contributed by atoms with Crippen molar-refractivity contribution in [1.29, 1.82) is 0 Å². The summed E-state index contributed by atoms with van der Waals surface area (Å²) >= 11 is 0. The smallest absolute Gasteiger partial charge is 0.243 e. The van der Waals surface area contributed by atoms with Gasteiger partial charge in [-0.3, -0.25) is 0 Å². The number of aryl methyl sites for hydroxylation is 2. The SMILES string of the molecule is CCOc1ccc(S(=O)(=O)N2CCN(c3cc(C)c4cccc(C)c4n3)CC2)cc1. The number of fused-ring (bicyclic) bond motifs is 1. The van der Waals surface area contributed by atoms with Crippen LogP contribution in [0.4, 0.5) is 5.82 Å². The van der Waals surface area contributed by atoms with E-state index in [4.69, 9.17) is 9.72 Å². The number of sulfonamides is 1. The van der Waals surface area contributed by atoms with Crippen molar-refractivity contribution in [3.8, 4) is 5.75 Å². The first kappa shape index (κ1) is 20.6.